The fourth-order valence-corrected chi connectivity index (χ4v) is 2.18. The summed E-state index contributed by atoms with van der Waals surface area (Å²) in [5.74, 6) is -1.58. The highest BCUT2D eigenvalue weighted by Gasteiger charge is 2.37. The van der Waals surface area contributed by atoms with Crippen LogP contribution in [0.4, 0.5) is 10.5 Å². The van der Waals surface area contributed by atoms with Crippen LogP contribution >= 0.6 is 0 Å². The number of nitrogens with zero attached hydrogens (tertiary/aromatic N) is 3. The molecule has 0 atom stereocenters. The summed E-state index contributed by atoms with van der Waals surface area (Å²) < 4.78 is 0. The van der Waals surface area contributed by atoms with Gasteiger partial charge < -0.3 is 0 Å². The molecule has 0 bridgehead atoms. The number of carbonyl (C=O) groups is 4. The van der Waals surface area contributed by atoms with Gasteiger partial charge >= 0.3 is 6.03 Å². The number of carbonyl (C=O) groups excluding carboxylic acids is 4. The van der Waals surface area contributed by atoms with E-state index < -0.39 is 17.8 Å². The zero-order valence-corrected chi connectivity index (χ0v) is 13.6. The van der Waals surface area contributed by atoms with Crippen LogP contribution in [0.5, 0.6) is 0 Å². The third kappa shape index (κ3) is 3.24. The largest absolute Gasteiger partial charge is 0.333 e. The van der Waals surface area contributed by atoms with Crippen molar-refractivity contribution < 1.29 is 19.2 Å². The van der Waals surface area contributed by atoms with Crippen LogP contribution in [0, 0.1) is 0 Å². The van der Waals surface area contributed by atoms with Crippen molar-refractivity contribution in [2.45, 2.75) is 6.92 Å². The van der Waals surface area contributed by atoms with Gasteiger partial charge in [0.1, 0.15) is 5.57 Å². The molecular formula is C17H17N3O4. The van der Waals surface area contributed by atoms with Crippen LogP contribution in [0.3, 0.4) is 0 Å². The number of hydrogen-bond donors (Lipinski definition) is 0. The summed E-state index contributed by atoms with van der Waals surface area (Å²) in [4.78, 5) is 50.6. The average molecular weight is 327 g/mol. The first-order valence-electron chi connectivity index (χ1n) is 7.18. The van der Waals surface area contributed by atoms with Gasteiger partial charge in [-0.15, -0.1) is 0 Å². The number of benzene rings is 1. The summed E-state index contributed by atoms with van der Waals surface area (Å²) in [6.45, 7) is 1.40. The number of urea groups is 1. The molecule has 1 aliphatic heterocycles. The second-order valence-corrected chi connectivity index (χ2v) is 5.16. The molecule has 1 heterocycles. The molecule has 1 aromatic rings. The van der Waals surface area contributed by atoms with Crippen molar-refractivity contribution in [1.29, 1.82) is 0 Å². The lowest BCUT2D eigenvalue weighted by molar-refractivity contribution is -0.134. The highest BCUT2D eigenvalue weighted by atomic mass is 16.2. The first kappa shape index (κ1) is 17.1. The zero-order valence-electron chi connectivity index (χ0n) is 13.6. The van der Waals surface area contributed by atoms with Gasteiger partial charge in [0.2, 0.25) is 5.91 Å². The van der Waals surface area contributed by atoms with Gasteiger partial charge in [-0.1, -0.05) is 18.2 Å². The third-order valence-electron chi connectivity index (χ3n) is 3.52. The van der Waals surface area contributed by atoms with Crippen molar-refractivity contribution in [2.75, 3.05) is 19.0 Å². The smallest absolute Gasteiger partial charge is 0.288 e. The van der Waals surface area contributed by atoms with E-state index in [4.69, 9.17) is 0 Å². The number of hydrogen-bond acceptors (Lipinski definition) is 4. The lowest BCUT2D eigenvalue weighted by Crippen LogP contribution is -2.53. The van der Waals surface area contributed by atoms with Gasteiger partial charge in [-0.05, 0) is 24.3 Å². The topological polar surface area (TPSA) is 78.0 Å². The molecule has 1 fully saturated rings. The van der Waals surface area contributed by atoms with Crippen LogP contribution in [0.15, 0.2) is 54.3 Å². The van der Waals surface area contributed by atoms with Crippen LogP contribution in [0.1, 0.15) is 6.92 Å². The highest BCUT2D eigenvalue weighted by Crippen LogP contribution is 2.16. The molecular weight excluding hydrogens is 310 g/mol. The summed E-state index contributed by atoms with van der Waals surface area (Å²) in [7, 11) is 2.61. The molecule has 2 rings (SSSR count). The van der Waals surface area contributed by atoms with Crippen molar-refractivity contribution in [2.24, 2.45) is 0 Å². The molecule has 0 aromatic heterocycles. The first-order chi connectivity index (χ1) is 11.3. The summed E-state index contributed by atoms with van der Waals surface area (Å²) in [5, 5.41) is 0. The molecule has 124 valence electrons. The molecule has 0 saturated carbocycles. The maximum Gasteiger partial charge on any atom is 0.333 e. The zero-order chi connectivity index (χ0) is 17.9. The molecule has 0 N–H and O–H groups in total. The second-order valence-electron chi connectivity index (χ2n) is 5.16. The molecule has 1 aliphatic rings. The van der Waals surface area contributed by atoms with Gasteiger partial charge in [0.15, 0.2) is 0 Å². The Balaban J connectivity index is 2.28. The molecule has 0 spiro atoms. The maximum atomic E-state index is 12.0. The molecule has 0 aliphatic carbocycles. The molecule has 0 radical (unpaired) electrons. The fourth-order valence-electron chi connectivity index (χ4n) is 2.18. The first-order valence-corrected chi connectivity index (χ1v) is 7.18. The van der Waals surface area contributed by atoms with Crippen molar-refractivity contribution in [3.63, 3.8) is 0 Å². The lowest BCUT2D eigenvalue weighted by Gasteiger charge is -2.28. The van der Waals surface area contributed by atoms with Gasteiger partial charge in [-0.25, -0.2) is 4.79 Å². The normalized spacial score (nSPS) is 15.3. The monoisotopic (exact) mass is 327 g/mol. The standard InChI is InChI=1S/C17H17N3O4/c1-12(21)20(13-8-5-4-6-9-13)11-7-10-14-15(22)18(2)17(24)19(3)16(14)23/h4-11H,1-3H3/b11-7+. The van der Waals surface area contributed by atoms with Crippen LogP contribution in [0.25, 0.3) is 0 Å². The van der Waals surface area contributed by atoms with E-state index in [1.807, 2.05) is 6.07 Å². The van der Waals surface area contributed by atoms with Crippen LogP contribution in [0.2, 0.25) is 0 Å². The third-order valence-corrected chi connectivity index (χ3v) is 3.52. The van der Waals surface area contributed by atoms with E-state index in [0.29, 0.717) is 5.69 Å². The Labute approximate surface area is 139 Å². The van der Waals surface area contributed by atoms with Crippen molar-refractivity contribution in [1.82, 2.24) is 9.80 Å². The molecule has 1 saturated heterocycles. The number of likely N-dealkylation sites (N-methyl/N-ethyl adjacent to an activating group) is 2. The average Bonchev–Trinajstić information content (AvgIpc) is 2.58. The minimum absolute atomic E-state index is 0.146. The van der Waals surface area contributed by atoms with E-state index in [9.17, 15) is 19.2 Å². The fraction of sp³-hybridized carbons (Fsp3) is 0.176. The van der Waals surface area contributed by atoms with Crippen LogP contribution < -0.4 is 4.90 Å². The Morgan fingerprint density at radius 1 is 1.00 bits per heavy atom. The van der Waals surface area contributed by atoms with Gasteiger partial charge in [-0.2, -0.15) is 0 Å². The van der Waals surface area contributed by atoms with E-state index >= 15 is 0 Å². The number of anilines is 1. The van der Waals surface area contributed by atoms with Gasteiger partial charge in [0, 0.05) is 32.9 Å². The van der Waals surface area contributed by atoms with Gasteiger partial charge in [0.05, 0.1) is 0 Å². The van der Waals surface area contributed by atoms with E-state index in [1.165, 1.54) is 44.3 Å². The van der Waals surface area contributed by atoms with Crippen LogP contribution in [-0.2, 0) is 14.4 Å². The van der Waals surface area contributed by atoms with Crippen LogP contribution in [-0.4, -0.2) is 47.6 Å². The summed E-state index contributed by atoms with van der Waals surface area (Å²) in [6, 6.07) is 8.25. The predicted octanol–water partition coefficient (Wildman–Crippen LogP) is 1.53. The molecule has 7 nitrogen and oxygen atoms in total. The summed E-state index contributed by atoms with van der Waals surface area (Å²) in [5.41, 5.74) is 0.512. The van der Waals surface area contributed by atoms with Crippen molar-refractivity contribution in [3.8, 4) is 0 Å². The number of para-hydroxylation sites is 1. The lowest BCUT2D eigenvalue weighted by atomic mass is 10.1. The quantitative estimate of drug-likeness (QED) is 0.623. The van der Waals surface area contributed by atoms with E-state index in [1.54, 1.807) is 24.3 Å². The highest BCUT2D eigenvalue weighted by molar-refractivity contribution is 6.28. The minimum Gasteiger partial charge on any atom is -0.288 e. The molecule has 0 unspecified atom stereocenters. The number of allylic oxidation sites excluding steroid dienone is 2. The molecule has 1 aromatic carbocycles. The Morgan fingerprint density at radius 3 is 2.04 bits per heavy atom. The Hall–Kier alpha value is -3.22. The Bertz CT molecular complexity index is 726. The molecule has 7 heteroatoms. The van der Waals surface area contributed by atoms with Crippen molar-refractivity contribution in [3.05, 3.63) is 54.3 Å². The Morgan fingerprint density at radius 2 is 1.54 bits per heavy atom. The maximum absolute atomic E-state index is 12.0. The summed E-state index contributed by atoms with van der Waals surface area (Å²) in [6.07, 6.45) is 4.18. The predicted molar refractivity (Wildman–Crippen MR) is 87.8 cm³/mol. The second kappa shape index (κ2) is 6.91. The number of amides is 5. The van der Waals surface area contributed by atoms with Gasteiger partial charge in [0.25, 0.3) is 11.8 Å². The van der Waals surface area contributed by atoms with Crippen molar-refractivity contribution >= 4 is 29.4 Å². The number of rotatable bonds is 3. The van der Waals surface area contributed by atoms with E-state index in [-0.39, 0.29) is 11.5 Å². The number of imide groups is 2. The van der Waals surface area contributed by atoms with E-state index in [0.717, 1.165) is 9.80 Å². The van der Waals surface area contributed by atoms with E-state index in [2.05, 4.69) is 0 Å². The minimum atomic E-state index is -0.680. The number of barbiturate groups is 1. The summed E-state index contributed by atoms with van der Waals surface area (Å²) >= 11 is 0. The van der Waals surface area contributed by atoms with Gasteiger partial charge in [-0.3, -0.25) is 29.1 Å². The molecule has 24 heavy (non-hydrogen) atoms. The molecule has 5 amide bonds. The Kier molecular flexibility index (Phi) is 4.93. The SMILES string of the molecule is CC(=O)N(/C=C/C=C1C(=O)N(C)C(=O)N(C)C1=O)c1ccccc1.